The molecular formula is C12H21NO3. The summed E-state index contributed by atoms with van der Waals surface area (Å²) in [5, 5.41) is 9.13. The van der Waals surface area contributed by atoms with Gasteiger partial charge in [0.15, 0.2) is 0 Å². The van der Waals surface area contributed by atoms with Gasteiger partial charge in [0.05, 0.1) is 19.6 Å². The van der Waals surface area contributed by atoms with Crippen molar-refractivity contribution in [1.82, 2.24) is 4.90 Å². The number of hydrogen-bond donors (Lipinski definition) is 1. The van der Waals surface area contributed by atoms with Gasteiger partial charge in [-0.05, 0) is 25.2 Å². The Morgan fingerprint density at radius 1 is 1.44 bits per heavy atom. The van der Waals surface area contributed by atoms with Crippen LogP contribution in [0.4, 0.5) is 0 Å². The largest absolute Gasteiger partial charge is 0.481 e. The molecule has 1 unspecified atom stereocenters. The monoisotopic (exact) mass is 227 g/mol. The third kappa shape index (κ3) is 2.23. The summed E-state index contributed by atoms with van der Waals surface area (Å²) >= 11 is 0. The number of morpholine rings is 1. The van der Waals surface area contributed by atoms with Crippen molar-refractivity contribution in [3.8, 4) is 0 Å². The van der Waals surface area contributed by atoms with E-state index in [1.807, 2.05) is 0 Å². The fourth-order valence-corrected chi connectivity index (χ4v) is 3.04. The maximum atomic E-state index is 11.1. The number of nitrogens with zero attached hydrogens (tertiary/aromatic N) is 1. The summed E-state index contributed by atoms with van der Waals surface area (Å²) < 4.78 is 5.36. The smallest absolute Gasteiger partial charge is 0.305 e. The lowest BCUT2D eigenvalue weighted by Crippen LogP contribution is -2.55. The molecule has 2 rings (SSSR count). The van der Waals surface area contributed by atoms with Crippen molar-refractivity contribution < 1.29 is 14.6 Å². The minimum absolute atomic E-state index is 0.102. The summed E-state index contributed by atoms with van der Waals surface area (Å²) in [5.41, 5.74) is -0.102. The quantitative estimate of drug-likeness (QED) is 0.770. The van der Waals surface area contributed by atoms with Gasteiger partial charge in [-0.25, -0.2) is 0 Å². The summed E-state index contributed by atoms with van der Waals surface area (Å²) in [4.78, 5) is 13.5. The maximum absolute atomic E-state index is 11.1. The molecule has 2 aliphatic rings. The topological polar surface area (TPSA) is 49.8 Å². The molecule has 4 nitrogen and oxygen atoms in total. The van der Waals surface area contributed by atoms with Crippen LogP contribution in [-0.4, -0.2) is 47.8 Å². The van der Waals surface area contributed by atoms with Crippen molar-refractivity contribution in [1.29, 1.82) is 0 Å². The van der Waals surface area contributed by atoms with E-state index in [1.54, 1.807) is 0 Å². The summed E-state index contributed by atoms with van der Waals surface area (Å²) in [6.45, 7) is 5.38. The first-order valence-electron chi connectivity index (χ1n) is 6.23. The van der Waals surface area contributed by atoms with Crippen LogP contribution in [0.5, 0.6) is 0 Å². The molecule has 1 saturated heterocycles. The normalized spacial score (nSPS) is 26.3. The zero-order valence-electron chi connectivity index (χ0n) is 9.95. The molecule has 1 atom stereocenters. The Labute approximate surface area is 96.6 Å². The predicted octanol–water partition coefficient (Wildman–Crippen LogP) is 1.35. The molecule has 2 fully saturated rings. The van der Waals surface area contributed by atoms with Gasteiger partial charge in [-0.1, -0.05) is 6.92 Å². The molecule has 1 heterocycles. The zero-order chi connectivity index (χ0) is 11.6. The van der Waals surface area contributed by atoms with Crippen LogP contribution in [0.2, 0.25) is 0 Å². The van der Waals surface area contributed by atoms with E-state index in [0.717, 1.165) is 32.7 Å². The Morgan fingerprint density at radius 2 is 2.06 bits per heavy atom. The van der Waals surface area contributed by atoms with E-state index in [-0.39, 0.29) is 12.0 Å². The van der Waals surface area contributed by atoms with E-state index >= 15 is 0 Å². The Hall–Kier alpha value is -0.610. The van der Waals surface area contributed by atoms with Crippen molar-refractivity contribution >= 4 is 5.97 Å². The number of hydrogen-bond acceptors (Lipinski definition) is 3. The highest BCUT2D eigenvalue weighted by atomic mass is 16.5. The lowest BCUT2D eigenvalue weighted by molar-refractivity contribution is -0.142. The van der Waals surface area contributed by atoms with E-state index < -0.39 is 5.97 Å². The van der Waals surface area contributed by atoms with Crippen LogP contribution in [0.1, 0.15) is 32.6 Å². The standard InChI is InChI=1S/C12H21NO3/c1-2-12(9-11(14)15,10-3-4-10)13-5-7-16-8-6-13/h10H,2-9H2,1H3,(H,14,15). The first-order valence-corrected chi connectivity index (χ1v) is 6.23. The maximum Gasteiger partial charge on any atom is 0.305 e. The highest BCUT2D eigenvalue weighted by Crippen LogP contribution is 2.47. The third-order valence-electron chi connectivity index (χ3n) is 4.05. The van der Waals surface area contributed by atoms with Gasteiger partial charge in [-0.15, -0.1) is 0 Å². The van der Waals surface area contributed by atoms with Crippen LogP contribution in [0, 0.1) is 5.92 Å². The van der Waals surface area contributed by atoms with Gasteiger partial charge >= 0.3 is 5.97 Å². The number of carbonyl (C=O) groups is 1. The number of ether oxygens (including phenoxy) is 1. The zero-order valence-corrected chi connectivity index (χ0v) is 9.95. The van der Waals surface area contributed by atoms with Crippen molar-refractivity contribution in [2.75, 3.05) is 26.3 Å². The van der Waals surface area contributed by atoms with Crippen molar-refractivity contribution in [3.63, 3.8) is 0 Å². The SMILES string of the molecule is CCC(CC(=O)O)(C1CC1)N1CCOCC1. The van der Waals surface area contributed by atoms with Crippen LogP contribution in [-0.2, 0) is 9.53 Å². The molecule has 92 valence electrons. The second-order valence-electron chi connectivity index (χ2n) is 4.90. The van der Waals surface area contributed by atoms with E-state index in [1.165, 1.54) is 12.8 Å². The molecule has 1 aliphatic carbocycles. The molecule has 4 heteroatoms. The molecule has 1 saturated carbocycles. The van der Waals surface area contributed by atoms with E-state index in [0.29, 0.717) is 5.92 Å². The van der Waals surface area contributed by atoms with Gasteiger partial charge in [0.2, 0.25) is 0 Å². The van der Waals surface area contributed by atoms with Crippen LogP contribution in [0.3, 0.4) is 0 Å². The van der Waals surface area contributed by atoms with Crippen LogP contribution in [0.25, 0.3) is 0 Å². The van der Waals surface area contributed by atoms with Gasteiger partial charge < -0.3 is 9.84 Å². The number of aliphatic carboxylic acids is 1. The highest BCUT2D eigenvalue weighted by molar-refractivity contribution is 5.68. The number of rotatable bonds is 5. The first-order chi connectivity index (χ1) is 7.69. The summed E-state index contributed by atoms with van der Waals surface area (Å²) in [6, 6.07) is 0. The molecule has 0 aromatic carbocycles. The van der Waals surface area contributed by atoms with Crippen LogP contribution in [0.15, 0.2) is 0 Å². The van der Waals surface area contributed by atoms with Crippen molar-refractivity contribution in [3.05, 3.63) is 0 Å². The Kier molecular flexibility index (Phi) is 3.50. The van der Waals surface area contributed by atoms with Gasteiger partial charge in [0.1, 0.15) is 0 Å². The summed E-state index contributed by atoms with van der Waals surface area (Å²) in [7, 11) is 0. The number of carboxylic acid groups (broad SMARTS) is 1. The molecule has 0 aromatic rings. The number of carboxylic acids is 1. The Balaban J connectivity index is 2.13. The lowest BCUT2D eigenvalue weighted by Gasteiger charge is -2.45. The molecule has 0 bridgehead atoms. The van der Waals surface area contributed by atoms with E-state index in [2.05, 4.69) is 11.8 Å². The van der Waals surface area contributed by atoms with Crippen molar-refractivity contribution in [2.24, 2.45) is 5.92 Å². The Morgan fingerprint density at radius 3 is 2.50 bits per heavy atom. The molecule has 16 heavy (non-hydrogen) atoms. The molecule has 0 amide bonds. The Bertz CT molecular complexity index is 259. The fourth-order valence-electron chi connectivity index (χ4n) is 3.04. The van der Waals surface area contributed by atoms with Gasteiger partial charge in [-0.3, -0.25) is 9.69 Å². The van der Waals surface area contributed by atoms with Crippen molar-refractivity contribution in [2.45, 2.75) is 38.1 Å². The van der Waals surface area contributed by atoms with Crippen LogP contribution < -0.4 is 0 Å². The average molecular weight is 227 g/mol. The van der Waals surface area contributed by atoms with Gasteiger partial charge in [0.25, 0.3) is 0 Å². The van der Waals surface area contributed by atoms with Gasteiger partial charge in [-0.2, -0.15) is 0 Å². The molecule has 1 aliphatic heterocycles. The summed E-state index contributed by atoms with van der Waals surface area (Å²) in [5.74, 6) is -0.0769. The second kappa shape index (κ2) is 4.72. The molecular weight excluding hydrogens is 206 g/mol. The first kappa shape index (κ1) is 11.9. The highest BCUT2D eigenvalue weighted by Gasteiger charge is 2.49. The predicted molar refractivity (Wildman–Crippen MR) is 60.4 cm³/mol. The molecule has 0 aromatic heterocycles. The summed E-state index contributed by atoms with van der Waals surface area (Å²) in [6.07, 6.45) is 3.61. The lowest BCUT2D eigenvalue weighted by atomic mass is 9.84. The fraction of sp³-hybridized carbons (Fsp3) is 0.917. The van der Waals surface area contributed by atoms with Crippen LogP contribution >= 0.6 is 0 Å². The minimum atomic E-state index is -0.666. The minimum Gasteiger partial charge on any atom is -0.481 e. The average Bonchev–Trinajstić information content (AvgIpc) is 3.11. The van der Waals surface area contributed by atoms with E-state index in [4.69, 9.17) is 9.84 Å². The van der Waals surface area contributed by atoms with E-state index in [9.17, 15) is 4.79 Å². The van der Waals surface area contributed by atoms with Gasteiger partial charge in [0, 0.05) is 18.6 Å². The second-order valence-corrected chi connectivity index (χ2v) is 4.90. The molecule has 0 radical (unpaired) electrons. The molecule has 1 N–H and O–H groups in total. The third-order valence-corrected chi connectivity index (χ3v) is 4.05. The molecule has 0 spiro atoms.